The van der Waals surface area contributed by atoms with E-state index in [-0.39, 0.29) is 12.2 Å². The van der Waals surface area contributed by atoms with Gasteiger partial charge in [0.15, 0.2) is 6.29 Å². The molecule has 20 heavy (non-hydrogen) atoms. The second-order valence-electron chi connectivity index (χ2n) is 4.22. The molecule has 5 nitrogen and oxygen atoms in total. The SMILES string of the molecule is O=Cc1ccc(C(=O)NCC(O)c2ccc(F)cc2)[nH]1. The van der Waals surface area contributed by atoms with Crippen molar-refractivity contribution in [3.05, 3.63) is 59.2 Å². The molecule has 1 aromatic heterocycles. The molecular weight excluding hydrogens is 263 g/mol. The zero-order chi connectivity index (χ0) is 14.5. The van der Waals surface area contributed by atoms with Crippen LogP contribution in [0.25, 0.3) is 0 Å². The maximum Gasteiger partial charge on any atom is 0.267 e. The summed E-state index contributed by atoms with van der Waals surface area (Å²) in [5.74, 6) is -0.822. The Balaban J connectivity index is 1.92. The highest BCUT2D eigenvalue weighted by Crippen LogP contribution is 2.12. The van der Waals surface area contributed by atoms with E-state index in [1.807, 2.05) is 0 Å². The summed E-state index contributed by atoms with van der Waals surface area (Å²) in [5, 5.41) is 12.4. The molecule has 3 N–H and O–H groups in total. The van der Waals surface area contributed by atoms with Crippen LogP contribution in [0.3, 0.4) is 0 Å². The molecule has 0 saturated carbocycles. The minimum absolute atomic E-state index is 0.0140. The van der Waals surface area contributed by atoms with Gasteiger partial charge in [-0.2, -0.15) is 0 Å². The molecule has 1 amide bonds. The summed E-state index contributed by atoms with van der Waals surface area (Å²) in [6.45, 7) is -0.0140. The molecule has 6 heteroatoms. The number of aliphatic hydroxyl groups is 1. The lowest BCUT2D eigenvalue weighted by molar-refractivity contribution is 0.0912. The molecule has 1 heterocycles. The summed E-state index contributed by atoms with van der Waals surface area (Å²) >= 11 is 0. The summed E-state index contributed by atoms with van der Waals surface area (Å²) in [4.78, 5) is 24.8. The van der Waals surface area contributed by atoms with Crippen molar-refractivity contribution in [2.75, 3.05) is 6.54 Å². The number of nitrogens with one attached hydrogen (secondary N) is 2. The fraction of sp³-hybridized carbons (Fsp3) is 0.143. The minimum Gasteiger partial charge on any atom is -0.387 e. The Morgan fingerprint density at radius 3 is 2.60 bits per heavy atom. The smallest absolute Gasteiger partial charge is 0.267 e. The molecule has 1 aromatic carbocycles. The van der Waals surface area contributed by atoms with Crippen molar-refractivity contribution in [2.24, 2.45) is 0 Å². The first-order valence-corrected chi connectivity index (χ1v) is 5.96. The average molecular weight is 276 g/mol. The maximum atomic E-state index is 12.7. The molecule has 2 rings (SSSR count). The van der Waals surface area contributed by atoms with Crippen LogP contribution in [0.5, 0.6) is 0 Å². The molecule has 0 radical (unpaired) electrons. The van der Waals surface area contributed by atoms with Gasteiger partial charge in [0, 0.05) is 6.54 Å². The van der Waals surface area contributed by atoms with E-state index in [1.54, 1.807) is 0 Å². The average Bonchev–Trinajstić information content (AvgIpc) is 2.94. The van der Waals surface area contributed by atoms with Gasteiger partial charge in [-0.1, -0.05) is 12.1 Å². The number of halogens is 1. The lowest BCUT2D eigenvalue weighted by Crippen LogP contribution is -2.28. The van der Waals surface area contributed by atoms with Crippen LogP contribution in [0.15, 0.2) is 36.4 Å². The first-order valence-electron chi connectivity index (χ1n) is 5.96. The van der Waals surface area contributed by atoms with Crippen molar-refractivity contribution in [2.45, 2.75) is 6.10 Å². The van der Waals surface area contributed by atoms with Crippen molar-refractivity contribution in [3.63, 3.8) is 0 Å². The Bertz CT molecular complexity index is 607. The topological polar surface area (TPSA) is 82.2 Å². The number of aliphatic hydroxyl groups excluding tert-OH is 1. The van der Waals surface area contributed by atoms with Crippen LogP contribution in [0.1, 0.15) is 32.6 Å². The third-order valence-electron chi connectivity index (χ3n) is 2.79. The Kier molecular flexibility index (Phi) is 4.27. The molecule has 0 aliphatic heterocycles. The summed E-state index contributed by atoms with van der Waals surface area (Å²) < 4.78 is 12.7. The monoisotopic (exact) mass is 276 g/mol. The zero-order valence-electron chi connectivity index (χ0n) is 10.5. The summed E-state index contributed by atoms with van der Waals surface area (Å²) in [5.41, 5.74) is 1.04. The number of aromatic amines is 1. The Morgan fingerprint density at radius 1 is 1.30 bits per heavy atom. The number of hydrogen-bond donors (Lipinski definition) is 3. The highest BCUT2D eigenvalue weighted by Gasteiger charge is 2.12. The zero-order valence-corrected chi connectivity index (χ0v) is 10.5. The summed E-state index contributed by atoms with van der Waals surface area (Å²) in [6, 6.07) is 8.33. The van der Waals surface area contributed by atoms with Gasteiger partial charge >= 0.3 is 0 Å². The number of aromatic nitrogens is 1. The van der Waals surface area contributed by atoms with Crippen LogP contribution in [0.4, 0.5) is 4.39 Å². The van der Waals surface area contributed by atoms with Crippen LogP contribution in [0, 0.1) is 5.82 Å². The van der Waals surface area contributed by atoms with Crippen molar-refractivity contribution in [1.82, 2.24) is 10.3 Å². The number of rotatable bonds is 5. The van der Waals surface area contributed by atoms with Crippen LogP contribution in [-0.4, -0.2) is 28.8 Å². The predicted molar refractivity (Wildman–Crippen MR) is 69.9 cm³/mol. The van der Waals surface area contributed by atoms with E-state index in [2.05, 4.69) is 10.3 Å². The number of carbonyl (C=O) groups is 2. The van der Waals surface area contributed by atoms with Crippen LogP contribution >= 0.6 is 0 Å². The van der Waals surface area contributed by atoms with Crippen LogP contribution in [0.2, 0.25) is 0 Å². The van der Waals surface area contributed by atoms with Crippen molar-refractivity contribution >= 4 is 12.2 Å². The highest BCUT2D eigenvalue weighted by molar-refractivity contribution is 5.93. The maximum absolute atomic E-state index is 12.7. The second kappa shape index (κ2) is 6.12. The number of H-pyrrole nitrogens is 1. The van der Waals surface area contributed by atoms with Gasteiger partial charge in [0.05, 0.1) is 11.8 Å². The Labute approximate surface area is 114 Å². The molecule has 0 fully saturated rings. The molecule has 2 aromatic rings. The van der Waals surface area contributed by atoms with Gasteiger partial charge in [0.25, 0.3) is 5.91 Å². The van der Waals surface area contributed by atoms with Crippen molar-refractivity contribution < 1.29 is 19.1 Å². The van der Waals surface area contributed by atoms with E-state index in [4.69, 9.17) is 0 Å². The molecule has 0 bridgehead atoms. The summed E-state index contributed by atoms with van der Waals surface area (Å²) in [7, 11) is 0. The predicted octanol–water partition coefficient (Wildman–Crippen LogP) is 1.43. The van der Waals surface area contributed by atoms with Gasteiger partial charge in [-0.05, 0) is 29.8 Å². The van der Waals surface area contributed by atoms with Crippen molar-refractivity contribution in [3.8, 4) is 0 Å². The van der Waals surface area contributed by atoms with E-state index < -0.39 is 17.8 Å². The lowest BCUT2D eigenvalue weighted by atomic mass is 10.1. The van der Waals surface area contributed by atoms with Gasteiger partial charge in [0.2, 0.25) is 0 Å². The molecule has 0 spiro atoms. The number of carbonyl (C=O) groups excluding carboxylic acids is 2. The molecule has 1 unspecified atom stereocenters. The van der Waals surface area contributed by atoms with E-state index in [0.717, 1.165) is 0 Å². The largest absolute Gasteiger partial charge is 0.387 e. The highest BCUT2D eigenvalue weighted by atomic mass is 19.1. The Hall–Kier alpha value is -2.47. The second-order valence-corrected chi connectivity index (χ2v) is 4.22. The first kappa shape index (κ1) is 14.0. The number of aldehydes is 1. The van der Waals surface area contributed by atoms with Gasteiger partial charge in [-0.15, -0.1) is 0 Å². The van der Waals surface area contributed by atoms with Crippen LogP contribution in [-0.2, 0) is 0 Å². The molecule has 0 saturated heterocycles. The molecular formula is C14H13FN2O3. The third-order valence-corrected chi connectivity index (χ3v) is 2.79. The van der Waals surface area contributed by atoms with E-state index >= 15 is 0 Å². The minimum atomic E-state index is -0.931. The number of benzene rings is 1. The van der Waals surface area contributed by atoms with Gasteiger partial charge in [0.1, 0.15) is 11.5 Å². The first-order chi connectivity index (χ1) is 9.60. The normalized spacial score (nSPS) is 11.9. The van der Waals surface area contributed by atoms with Gasteiger partial charge in [-0.25, -0.2) is 4.39 Å². The Morgan fingerprint density at radius 2 is 2.00 bits per heavy atom. The lowest BCUT2D eigenvalue weighted by Gasteiger charge is -2.11. The van der Waals surface area contributed by atoms with Gasteiger partial charge < -0.3 is 15.4 Å². The molecule has 1 atom stereocenters. The fourth-order valence-corrected chi connectivity index (χ4v) is 1.70. The molecule has 104 valence electrons. The standard InChI is InChI=1S/C14H13FN2O3/c15-10-3-1-9(2-4-10)13(19)7-16-14(20)12-6-5-11(8-18)17-12/h1-6,8,13,17,19H,7H2,(H,16,20). The van der Waals surface area contributed by atoms with Crippen LogP contribution < -0.4 is 5.32 Å². The van der Waals surface area contributed by atoms with Gasteiger partial charge in [-0.3, -0.25) is 9.59 Å². The summed E-state index contributed by atoms with van der Waals surface area (Å²) in [6.07, 6.45) is -0.329. The molecule has 0 aliphatic carbocycles. The van der Waals surface area contributed by atoms with E-state index in [1.165, 1.54) is 36.4 Å². The number of hydrogen-bond acceptors (Lipinski definition) is 3. The fourth-order valence-electron chi connectivity index (χ4n) is 1.70. The van der Waals surface area contributed by atoms with E-state index in [9.17, 15) is 19.1 Å². The van der Waals surface area contributed by atoms with E-state index in [0.29, 0.717) is 17.5 Å². The molecule has 0 aliphatic rings. The van der Waals surface area contributed by atoms with Crippen molar-refractivity contribution in [1.29, 1.82) is 0 Å². The third kappa shape index (κ3) is 3.30. The quantitative estimate of drug-likeness (QED) is 0.722. The number of amides is 1.